The lowest BCUT2D eigenvalue weighted by Gasteiger charge is -2.29. The third-order valence-corrected chi connectivity index (χ3v) is 7.05. The molecule has 0 aliphatic heterocycles. The predicted octanol–water partition coefficient (Wildman–Crippen LogP) is 6.34. The van der Waals surface area contributed by atoms with Crippen molar-refractivity contribution < 1.29 is 19.4 Å². The summed E-state index contributed by atoms with van der Waals surface area (Å²) in [6, 6.07) is 23.1. The van der Waals surface area contributed by atoms with Crippen LogP contribution in [0.1, 0.15) is 42.4 Å². The van der Waals surface area contributed by atoms with Crippen LogP contribution in [-0.4, -0.2) is 41.3 Å². The van der Waals surface area contributed by atoms with Crippen LogP contribution < -0.4 is 0 Å². The van der Waals surface area contributed by atoms with Gasteiger partial charge in [0.05, 0.1) is 0 Å². The largest absolute Gasteiger partial charge is 0.480 e. The maximum absolute atomic E-state index is 13.3. The second-order valence-corrected chi connectivity index (χ2v) is 9.78. The van der Waals surface area contributed by atoms with E-state index < -0.39 is 18.1 Å². The van der Waals surface area contributed by atoms with Crippen molar-refractivity contribution in [2.45, 2.75) is 38.1 Å². The first-order valence-electron chi connectivity index (χ1n) is 11.6. The highest BCUT2D eigenvalue weighted by atomic mass is 127. The Bertz CT molecular complexity index is 1120. The minimum Gasteiger partial charge on any atom is -0.480 e. The zero-order chi connectivity index (χ0) is 24.1. The van der Waals surface area contributed by atoms with Crippen molar-refractivity contribution in [3.05, 3.63) is 93.1 Å². The summed E-state index contributed by atoms with van der Waals surface area (Å²) < 4.78 is 6.89. The number of carboxylic acid groups (broad SMARTS) is 1. The van der Waals surface area contributed by atoms with Crippen molar-refractivity contribution in [2.75, 3.05) is 13.2 Å². The Morgan fingerprint density at radius 2 is 1.56 bits per heavy atom. The van der Waals surface area contributed by atoms with Crippen LogP contribution in [-0.2, 0) is 16.0 Å². The molecule has 1 aliphatic carbocycles. The van der Waals surface area contributed by atoms with E-state index in [1.54, 1.807) is 0 Å². The molecule has 0 saturated heterocycles. The Balaban J connectivity index is 1.53. The number of hydrogen-bond donors (Lipinski definition) is 1. The van der Waals surface area contributed by atoms with Gasteiger partial charge < -0.3 is 9.84 Å². The second-order valence-electron chi connectivity index (χ2n) is 8.54. The molecule has 1 atom stereocenters. The molecule has 3 aromatic rings. The molecule has 5 nitrogen and oxygen atoms in total. The summed E-state index contributed by atoms with van der Waals surface area (Å²) in [5, 5.41) is 10.00. The highest BCUT2D eigenvalue weighted by molar-refractivity contribution is 14.1. The number of unbranched alkanes of at least 4 members (excludes halogenated alkanes) is 1. The molecule has 0 radical (unpaired) electrons. The van der Waals surface area contributed by atoms with Crippen LogP contribution in [0.3, 0.4) is 0 Å². The Morgan fingerprint density at radius 3 is 2.12 bits per heavy atom. The van der Waals surface area contributed by atoms with Crippen molar-refractivity contribution in [2.24, 2.45) is 0 Å². The van der Waals surface area contributed by atoms with Gasteiger partial charge in [0, 0.05) is 22.5 Å². The van der Waals surface area contributed by atoms with Crippen molar-refractivity contribution in [1.82, 2.24) is 4.90 Å². The fraction of sp³-hybridized carbons (Fsp3) is 0.286. The van der Waals surface area contributed by atoms with E-state index in [4.69, 9.17) is 4.74 Å². The van der Waals surface area contributed by atoms with Crippen LogP contribution in [0.25, 0.3) is 11.1 Å². The Hall–Kier alpha value is -2.87. The van der Waals surface area contributed by atoms with E-state index >= 15 is 0 Å². The predicted molar refractivity (Wildman–Crippen MR) is 141 cm³/mol. The van der Waals surface area contributed by atoms with Crippen molar-refractivity contribution >= 4 is 34.7 Å². The molecule has 0 aromatic heterocycles. The van der Waals surface area contributed by atoms with Crippen LogP contribution in [0.15, 0.2) is 72.8 Å². The normalized spacial score (nSPS) is 13.1. The number of ether oxygens (including phenoxy) is 1. The third kappa shape index (κ3) is 5.27. The topological polar surface area (TPSA) is 66.8 Å². The van der Waals surface area contributed by atoms with Gasteiger partial charge >= 0.3 is 12.1 Å². The number of fused-ring (bicyclic) bond motifs is 3. The van der Waals surface area contributed by atoms with Crippen LogP contribution in [0.4, 0.5) is 4.79 Å². The van der Waals surface area contributed by atoms with Gasteiger partial charge in [0.15, 0.2) is 0 Å². The molecule has 4 rings (SSSR count). The molecule has 176 valence electrons. The molecule has 0 saturated carbocycles. The van der Waals surface area contributed by atoms with Gasteiger partial charge in [0.1, 0.15) is 12.6 Å². The molecule has 6 heteroatoms. The van der Waals surface area contributed by atoms with Crippen LogP contribution >= 0.6 is 22.6 Å². The van der Waals surface area contributed by atoms with E-state index in [0.717, 1.165) is 37.8 Å². The number of halogens is 1. The zero-order valence-electron chi connectivity index (χ0n) is 19.1. The number of aliphatic carboxylic acids is 1. The van der Waals surface area contributed by atoms with E-state index in [9.17, 15) is 14.7 Å². The lowest BCUT2D eigenvalue weighted by Crippen LogP contribution is -2.47. The van der Waals surface area contributed by atoms with Gasteiger partial charge in [-0.05, 0) is 69.0 Å². The van der Waals surface area contributed by atoms with Gasteiger partial charge in [-0.2, -0.15) is 0 Å². The summed E-state index contributed by atoms with van der Waals surface area (Å²) in [4.78, 5) is 26.9. The standard InChI is InChI=1S/C28H28INO4/c1-2-3-16-30(26(27(31)32)17-19-12-14-20(29)15-13-19)28(33)34-18-25-23-10-6-4-8-21(23)22-9-5-7-11-24(22)25/h4-15,25-26H,2-3,16-18H2,1H3,(H,31,32). The summed E-state index contributed by atoms with van der Waals surface area (Å²) in [5.41, 5.74) is 5.45. The fourth-order valence-electron chi connectivity index (χ4n) is 4.55. The van der Waals surface area contributed by atoms with E-state index in [1.807, 2.05) is 55.5 Å². The summed E-state index contributed by atoms with van der Waals surface area (Å²) in [6.45, 7) is 2.53. The number of amides is 1. The molecule has 1 N–H and O–H groups in total. The number of rotatable bonds is 9. The van der Waals surface area contributed by atoms with Gasteiger partial charge in [-0.3, -0.25) is 4.90 Å². The molecule has 0 spiro atoms. The van der Waals surface area contributed by atoms with Crippen molar-refractivity contribution in [3.8, 4) is 11.1 Å². The first kappa shape index (κ1) is 24.3. The monoisotopic (exact) mass is 569 g/mol. The van der Waals surface area contributed by atoms with E-state index in [1.165, 1.54) is 4.90 Å². The maximum atomic E-state index is 13.3. The number of nitrogens with zero attached hydrogens (tertiary/aromatic N) is 1. The van der Waals surface area contributed by atoms with Crippen molar-refractivity contribution in [3.63, 3.8) is 0 Å². The van der Waals surface area contributed by atoms with E-state index in [2.05, 4.69) is 46.9 Å². The molecule has 0 heterocycles. The van der Waals surface area contributed by atoms with Crippen LogP contribution in [0.5, 0.6) is 0 Å². The smallest absolute Gasteiger partial charge is 0.410 e. The summed E-state index contributed by atoms with van der Waals surface area (Å²) in [6.07, 6.45) is 1.22. The minimum atomic E-state index is -1.02. The Labute approximate surface area is 213 Å². The van der Waals surface area contributed by atoms with Gasteiger partial charge in [0.2, 0.25) is 0 Å². The molecule has 1 unspecified atom stereocenters. The molecule has 3 aromatic carbocycles. The number of benzene rings is 3. The number of carbonyl (C=O) groups is 2. The first-order valence-corrected chi connectivity index (χ1v) is 12.7. The highest BCUT2D eigenvalue weighted by Crippen LogP contribution is 2.44. The van der Waals surface area contributed by atoms with Crippen LogP contribution in [0, 0.1) is 3.57 Å². The zero-order valence-corrected chi connectivity index (χ0v) is 21.3. The number of hydrogen-bond acceptors (Lipinski definition) is 3. The molecule has 34 heavy (non-hydrogen) atoms. The SMILES string of the molecule is CCCCN(C(=O)OCC1c2ccccc2-c2ccccc21)C(Cc1ccc(I)cc1)C(=O)O. The third-order valence-electron chi connectivity index (χ3n) is 6.33. The Kier molecular flexibility index (Phi) is 7.88. The molecular weight excluding hydrogens is 541 g/mol. The number of carboxylic acids is 1. The average molecular weight is 569 g/mol. The fourth-order valence-corrected chi connectivity index (χ4v) is 4.91. The van der Waals surface area contributed by atoms with Crippen LogP contribution in [0.2, 0.25) is 0 Å². The van der Waals surface area contributed by atoms with Gasteiger partial charge in [-0.25, -0.2) is 9.59 Å². The molecular formula is C28H28INO4. The molecule has 1 aliphatic rings. The molecule has 0 bridgehead atoms. The highest BCUT2D eigenvalue weighted by Gasteiger charge is 2.33. The lowest BCUT2D eigenvalue weighted by atomic mass is 9.98. The summed E-state index contributed by atoms with van der Waals surface area (Å²) in [5.74, 6) is -1.09. The minimum absolute atomic E-state index is 0.0659. The average Bonchev–Trinajstić information content (AvgIpc) is 3.17. The molecule has 0 fully saturated rings. The summed E-state index contributed by atoms with van der Waals surface area (Å²) in [7, 11) is 0. The number of carbonyl (C=O) groups excluding carboxylic acids is 1. The second kappa shape index (κ2) is 11.0. The van der Waals surface area contributed by atoms with Gasteiger partial charge in [-0.15, -0.1) is 0 Å². The first-order chi connectivity index (χ1) is 16.5. The maximum Gasteiger partial charge on any atom is 0.410 e. The quantitative estimate of drug-likeness (QED) is 0.306. The lowest BCUT2D eigenvalue weighted by molar-refractivity contribution is -0.142. The van der Waals surface area contributed by atoms with Crippen molar-refractivity contribution in [1.29, 1.82) is 0 Å². The molecule has 1 amide bonds. The van der Waals surface area contributed by atoms with Gasteiger partial charge in [0.25, 0.3) is 0 Å². The Morgan fingerprint density at radius 1 is 0.971 bits per heavy atom. The van der Waals surface area contributed by atoms with E-state index in [-0.39, 0.29) is 18.9 Å². The summed E-state index contributed by atoms with van der Waals surface area (Å²) >= 11 is 2.21. The van der Waals surface area contributed by atoms with E-state index in [0.29, 0.717) is 13.0 Å². The van der Waals surface area contributed by atoms with Gasteiger partial charge in [-0.1, -0.05) is 74.0 Å².